The zero-order valence-corrected chi connectivity index (χ0v) is 15.4. The summed E-state index contributed by atoms with van der Waals surface area (Å²) in [7, 11) is 0. The maximum Gasteiger partial charge on any atom is 0.293 e. The van der Waals surface area contributed by atoms with Gasteiger partial charge in [-0.3, -0.25) is 9.59 Å². The number of fused-ring (bicyclic) bond motifs is 2. The number of carbonyl (C=O) groups is 2. The van der Waals surface area contributed by atoms with Gasteiger partial charge < -0.3 is 29.3 Å². The second-order valence-corrected chi connectivity index (χ2v) is 6.82. The zero-order chi connectivity index (χ0) is 19.8. The minimum absolute atomic E-state index is 0.0233. The van der Waals surface area contributed by atoms with Crippen LogP contribution >= 0.6 is 0 Å². The molecule has 0 saturated carbocycles. The first-order chi connectivity index (χ1) is 14.2. The van der Waals surface area contributed by atoms with Crippen molar-refractivity contribution in [1.29, 1.82) is 0 Å². The second-order valence-electron chi connectivity index (χ2n) is 6.82. The number of nitrogens with one attached hydrogen (secondary N) is 2. The maximum atomic E-state index is 12.9. The van der Waals surface area contributed by atoms with Gasteiger partial charge in [-0.15, -0.1) is 0 Å². The molecule has 0 spiro atoms. The third-order valence-electron chi connectivity index (χ3n) is 4.90. The van der Waals surface area contributed by atoms with Crippen molar-refractivity contribution in [3.8, 4) is 11.5 Å². The molecule has 3 heterocycles. The van der Waals surface area contributed by atoms with Gasteiger partial charge in [0.05, 0.1) is 0 Å². The van der Waals surface area contributed by atoms with Gasteiger partial charge in [0.1, 0.15) is 17.4 Å². The molecular weight excluding hydrogens is 376 g/mol. The van der Waals surface area contributed by atoms with Gasteiger partial charge in [-0.25, -0.2) is 0 Å². The molecule has 29 heavy (non-hydrogen) atoms. The molecule has 2 aromatic carbocycles. The van der Waals surface area contributed by atoms with E-state index in [9.17, 15) is 9.59 Å². The molecule has 0 bridgehead atoms. The average molecular weight is 394 g/mol. The van der Waals surface area contributed by atoms with Gasteiger partial charge in [-0.2, -0.15) is 0 Å². The van der Waals surface area contributed by atoms with Crippen LogP contribution in [0.15, 0.2) is 46.9 Å². The highest BCUT2D eigenvalue weighted by Crippen LogP contribution is 2.35. The van der Waals surface area contributed by atoms with Crippen LogP contribution in [0.25, 0.3) is 11.0 Å². The minimum Gasteiger partial charge on any atom is -0.454 e. The van der Waals surface area contributed by atoms with Crippen LogP contribution in [0.2, 0.25) is 0 Å². The van der Waals surface area contributed by atoms with Gasteiger partial charge in [-0.05, 0) is 37.1 Å². The molecule has 0 unspecified atom stereocenters. The summed E-state index contributed by atoms with van der Waals surface area (Å²) in [5, 5.41) is 6.25. The van der Waals surface area contributed by atoms with Crippen molar-refractivity contribution < 1.29 is 28.2 Å². The summed E-state index contributed by atoms with van der Waals surface area (Å²) >= 11 is 0. The van der Waals surface area contributed by atoms with Crippen molar-refractivity contribution in [3.05, 3.63) is 48.2 Å². The summed E-state index contributed by atoms with van der Waals surface area (Å²) in [6.07, 6.45) is 0.968. The third kappa shape index (κ3) is 3.27. The summed E-state index contributed by atoms with van der Waals surface area (Å²) in [6.45, 7) is 0.706. The first-order valence-electron chi connectivity index (χ1n) is 9.34. The lowest BCUT2D eigenvalue weighted by atomic mass is 10.2. The number of hydrogen-bond acceptors (Lipinski definition) is 6. The number of ether oxygens (including phenoxy) is 3. The second kappa shape index (κ2) is 7.14. The van der Waals surface area contributed by atoms with Crippen LogP contribution < -0.4 is 20.1 Å². The van der Waals surface area contributed by atoms with Gasteiger partial charge in [0.2, 0.25) is 12.6 Å². The van der Waals surface area contributed by atoms with Crippen LogP contribution in [0.5, 0.6) is 11.5 Å². The Labute approximate surface area is 165 Å². The Hall–Kier alpha value is -3.52. The van der Waals surface area contributed by atoms with E-state index in [0.717, 1.165) is 6.42 Å². The molecule has 0 aliphatic carbocycles. The van der Waals surface area contributed by atoms with E-state index in [4.69, 9.17) is 18.6 Å². The molecule has 1 aromatic heterocycles. The molecule has 5 rings (SSSR count). The first-order valence-corrected chi connectivity index (χ1v) is 9.34. The normalized spacial score (nSPS) is 17.4. The third-order valence-corrected chi connectivity index (χ3v) is 4.90. The lowest BCUT2D eigenvalue weighted by Crippen LogP contribution is -2.27. The predicted molar refractivity (Wildman–Crippen MR) is 104 cm³/mol. The predicted octanol–water partition coefficient (Wildman–Crippen LogP) is 3.53. The van der Waals surface area contributed by atoms with Crippen molar-refractivity contribution in [2.75, 3.05) is 24.0 Å². The van der Waals surface area contributed by atoms with E-state index < -0.39 is 12.0 Å². The van der Waals surface area contributed by atoms with Gasteiger partial charge in [0, 0.05) is 23.7 Å². The molecule has 1 atom stereocenters. The van der Waals surface area contributed by atoms with Crippen molar-refractivity contribution in [1.82, 2.24) is 0 Å². The highest BCUT2D eigenvalue weighted by molar-refractivity contribution is 6.15. The lowest BCUT2D eigenvalue weighted by Gasteiger charge is -2.11. The van der Waals surface area contributed by atoms with E-state index in [1.54, 1.807) is 36.4 Å². The van der Waals surface area contributed by atoms with E-state index in [0.29, 0.717) is 46.9 Å². The molecule has 148 valence electrons. The van der Waals surface area contributed by atoms with Crippen molar-refractivity contribution in [2.24, 2.45) is 0 Å². The topological polar surface area (TPSA) is 99.0 Å². The SMILES string of the molecule is O=C(Nc1ccc2c(c1)OCO2)c1oc2ccccc2c1NC(=O)[C@@H]1CCCO1. The van der Waals surface area contributed by atoms with Crippen LogP contribution in [0.4, 0.5) is 11.4 Å². The maximum absolute atomic E-state index is 12.9. The van der Waals surface area contributed by atoms with Crippen LogP contribution in [-0.4, -0.2) is 31.3 Å². The molecule has 2 aliphatic heterocycles. The van der Waals surface area contributed by atoms with E-state index >= 15 is 0 Å². The van der Waals surface area contributed by atoms with Crippen LogP contribution in [0.3, 0.4) is 0 Å². The molecule has 8 heteroatoms. The Bertz CT molecular complexity index is 1100. The summed E-state index contributed by atoms with van der Waals surface area (Å²) in [6, 6.07) is 12.3. The van der Waals surface area contributed by atoms with E-state index in [1.165, 1.54) is 0 Å². The summed E-state index contributed by atoms with van der Waals surface area (Å²) in [5.74, 6) is 0.430. The molecule has 2 amide bonds. The molecule has 2 aliphatic rings. The van der Waals surface area contributed by atoms with Crippen molar-refractivity contribution >= 4 is 34.2 Å². The quantitative estimate of drug-likeness (QED) is 0.702. The Balaban J connectivity index is 1.45. The van der Waals surface area contributed by atoms with Crippen molar-refractivity contribution in [3.63, 3.8) is 0 Å². The number of hydrogen-bond donors (Lipinski definition) is 2. The van der Waals surface area contributed by atoms with Gasteiger partial charge >= 0.3 is 0 Å². The van der Waals surface area contributed by atoms with Gasteiger partial charge in [0.15, 0.2) is 11.5 Å². The number of rotatable bonds is 4. The average Bonchev–Trinajstić information content (AvgIpc) is 3.47. The molecule has 1 saturated heterocycles. The summed E-state index contributed by atoms with van der Waals surface area (Å²) in [5.41, 5.74) is 1.36. The number of benzene rings is 2. The summed E-state index contributed by atoms with van der Waals surface area (Å²) in [4.78, 5) is 25.5. The summed E-state index contributed by atoms with van der Waals surface area (Å²) < 4.78 is 21.8. The highest BCUT2D eigenvalue weighted by atomic mass is 16.7. The Morgan fingerprint density at radius 3 is 2.72 bits per heavy atom. The molecule has 2 N–H and O–H groups in total. The fraction of sp³-hybridized carbons (Fsp3) is 0.238. The standard InChI is InChI=1S/C21H18N2O6/c24-20(16-6-3-9-26-16)23-18-13-4-1-2-5-14(13)29-19(18)21(25)22-12-7-8-15-17(10-12)28-11-27-15/h1-2,4-5,7-8,10,16H,3,6,9,11H2,(H,22,25)(H,23,24)/t16-/m0/s1. The van der Waals surface area contributed by atoms with E-state index in [2.05, 4.69) is 10.6 Å². The van der Waals surface area contributed by atoms with E-state index in [-0.39, 0.29) is 18.5 Å². The fourth-order valence-corrected chi connectivity index (χ4v) is 3.48. The number of para-hydroxylation sites is 1. The molecule has 8 nitrogen and oxygen atoms in total. The monoisotopic (exact) mass is 394 g/mol. The van der Waals surface area contributed by atoms with E-state index in [1.807, 2.05) is 6.07 Å². The van der Waals surface area contributed by atoms with Crippen molar-refractivity contribution in [2.45, 2.75) is 18.9 Å². The first kappa shape index (κ1) is 17.6. The number of amides is 2. The number of furan rings is 1. The zero-order valence-electron chi connectivity index (χ0n) is 15.4. The van der Waals surface area contributed by atoms with Gasteiger partial charge in [-0.1, -0.05) is 12.1 Å². The molecule has 0 radical (unpaired) electrons. The van der Waals surface area contributed by atoms with Gasteiger partial charge in [0.25, 0.3) is 11.8 Å². The molecule has 3 aromatic rings. The van der Waals surface area contributed by atoms with Crippen LogP contribution in [0, 0.1) is 0 Å². The van der Waals surface area contributed by atoms with Crippen LogP contribution in [0.1, 0.15) is 23.4 Å². The molecule has 1 fully saturated rings. The minimum atomic E-state index is -0.520. The number of carbonyl (C=O) groups excluding carboxylic acids is 2. The molecular formula is C21H18N2O6. The largest absolute Gasteiger partial charge is 0.454 e. The Morgan fingerprint density at radius 2 is 1.86 bits per heavy atom. The lowest BCUT2D eigenvalue weighted by molar-refractivity contribution is -0.124. The smallest absolute Gasteiger partial charge is 0.293 e. The van der Waals surface area contributed by atoms with Crippen LogP contribution in [-0.2, 0) is 9.53 Å². The number of anilines is 2. The Kier molecular flexibility index (Phi) is 4.33. The fourth-order valence-electron chi connectivity index (χ4n) is 3.48. The Morgan fingerprint density at radius 1 is 1.00 bits per heavy atom. The highest BCUT2D eigenvalue weighted by Gasteiger charge is 2.28.